The van der Waals surface area contributed by atoms with Crippen LogP contribution in [0.5, 0.6) is 11.6 Å². The number of hydrogen-bond acceptors (Lipinski definition) is 3. The second kappa shape index (κ2) is 4.96. The van der Waals surface area contributed by atoms with Crippen LogP contribution in [0.1, 0.15) is 31.9 Å². The minimum atomic E-state index is -0.603. The highest BCUT2D eigenvalue weighted by atomic mass is 19.1. The van der Waals surface area contributed by atoms with Gasteiger partial charge in [0.25, 0.3) is 0 Å². The van der Waals surface area contributed by atoms with Gasteiger partial charge in [-0.2, -0.15) is 4.39 Å². The molecule has 0 saturated carbocycles. The molecule has 0 unspecified atom stereocenters. The van der Waals surface area contributed by atoms with Crippen LogP contribution in [0.4, 0.5) is 4.39 Å². The summed E-state index contributed by atoms with van der Waals surface area (Å²) in [4.78, 5) is 7.27. The summed E-state index contributed by atoms with van der Waals surface area (Å²) in [5.74, 6) is 0.277. The van der Waals surface area contributed by atoms with Crippen LogP contribution in [0.15, 0.2) is 30.6 Å². The van der Waals surface area contributed by atoms with Crippen molar-refractivity contribution in [3.05, 3.63) is 47.7 Å². The zero-order valence-corrected chi connectivity index (χ0v) is 11.6. The van der Waals surface area contributed by atoms with Crippen molar-refractivity contribution in [3.63, 3.8) is 0 Å². The van der Waals surface area contributed by atoms with Gasteiger partial charge in [0.05, 0.1) is 6.07 Å². The van der Waals surface area contributed by atoms with Crippen LogP contribution in [0.3, 0.4) is 0 Å². The SMILES string of the molecule is Cc1cc(C(C)(C)C)ccc1Oc1cc(F)ncn1. The Morgan fingerprint density at radius 2 is 1.84 bits per heavy atom. The Bertz CT molecular complexity index is 591. The Hall–Kier alpha value is -1.97. The summed E-state index contributed by atoms with van der Waals surface area (Å²) in [5.41, 5.74) is 2.31. The molecule has 19 heavy (non-hydrogen) atoms. The van der Waals surface area contributed by atoms with E-state index in [1.165, 1.54) is 5.56 Å². The van der Waals surface area contributed by atoms with Crippen molar-refractivity contribution in [2.24, 2.45) is 0 Å². The first kappa shape index (κ1) is 13.5. The van der Waals surface area contributed by atoms with E-state index in [2.05, 4.69) is 36.8 Å². The first-order chi connectivity index (χ1) is 8.86. The largest absolute Gasteiger partial charge is 0.439 e. The van der Waals surface area contributed by atoms with Gasteiger partial charge in [0.1, 0.15) is 12.1 Å². The standard InChI is InChI=1S/C15H17FN2O/c1-10-7-11(15(2,3)4)5-6-12(10)19-14-8-13(16)17-9-18-14/h5-9H,1-4H3. The molecule has 3 nitrogen and oxygen atoms in total. The minimum absolute atomic E-state index is 0.0876. The third kappa shape index (κ3) is 3.28. The number of aromatic nitrogens is 2. The minimum Gasteiger partial charge on any atom is -0.439 e. The fraction of sp³-hybridized carbons (Fsp3) is 0.333. The molecule has 2 aromatic rings. The maximum absolute atomic E-state index is 13.0. The Balaban J connectivity index is 2.27. The fourth-order valence-electron chi connectivity index (χ4n) is 1.72. The zero-order chi connectivity index (χ0) is 14.0. The first-order valence-electron chi connectivity index (χ1n) is 6.13. The smallest absolute Gasteiger partial charge is 0.225 e. The number of aryl methyl sites for hydroxylation is 1. The van der Waals surface area contributed by atoms with Gasteiger partial charge >= 0.3 is 0 Å². The van der Waals surface area contributed by atoms with Crippen LogP contribution in [0.25, 0.3) is 0 Å². The van der Waals surface area contributed by atoms with Crippen LogP contribution >= 0.6 is 0 Å². The Labute approximate surface area is 112 Å². The predicted molar refractivity (Wildman–Crippen MR) is 71.9 cm³/mol. The normalized spacial score (nSPS) is 11.4. The molecule has 2 rings (SSSR count). The monoisotopic (exact) mass is 260 g/mol. The van der Waals surface area contributed by atoms with Gasteiger partial charge < -0.3 is 4.74 Å². The number of hydrogen-bond donors (Lipinski definition) is 0. The van der Waals surface area contributed by atoms with Crippen molar-refractivity contribution in [3.8, 4) is 11.6 Å². The molecule has 0 spiro atoms. The van der Waals surface area contributed by atoms with E-state index in [1.807, 2.05) is 19.1 Å². The lowest BCUT2D eigenvalue weighted by Crippen LogP contribution is -2.11. The van der Waals surface area contributed by atoms with Gasteiger partial charge in [-0.15, -0.1) is 0 Å². The van der Waals surface area contributed by atoms with Gasteiger partial charge in [-0.25, -0.2) is 9.97 Å². The van der Waals surface area contributed by atoms with E-state index in [4.69, 9.17) is 4.74 Å². The molecule has 0 radical (unpaired) electrons. The van der Waals surface area contributed by atoms with Gasteiger partial charge in [0.2, 0.25) is 11.8 Å². The average molecular weight is 260 g/mol. The molecule has 0 atom stereocenters. The highest BCUT2D eigenvalue weighted by Crippen LogP contribution is 2.29. The topological polar surface area (TPSA) is 35.0 Å². The van der Waals surface area contributed by atoms with E-state index in [9.17, 15) is 4.39 Å². The van der Waals surface area contributed by atoms with Gasteiger partial charge in [0.15, 0.2) is 0 Å². The van der Waals surface area contributed by atoms with Gasteiger partial charge in [-0.3, -0.25) is 0 Å². The van der Waals surface area contributed by atoms with E-state index in [0.717, 1.165) is 18.0 Å². The molecule has 0 saturated heterocycles. The molecule has 0 fully saturated rings. The lowest BCUT2D eigenvalue weighted by molar-refractivity contribution is 0.446. The number of rotatable bonds is 2. The summed E-state index contributed by atoms with van der Waals surface area (Å²) in [6.07, 6.45) is 1.14. The summed E-state index contributed by atoms with van der Waals surface area (Å²) < 4.78 is 18.5. The molecule has 1 heterocycles. The fourth-order valence-corrected chi connectivity index (χ4v) is 1.72. The van der Waals surface area contributed by atoms with Crippen molar-refractivity contribution in [1.29, 1.82) is 0 Å². The second-order valence-corrected chi connectivity index (χ2v) is 5.51. The molecular formula is C15H17FN2O. The van der Waals surface area contributed by atoms with Crippen molar-refractivity contribution < 1.29 is 9.13 Å². The van der Waals surface area contributed by atoms with Gasteiger partial charge in [0, 0.05) is 0 Å². The maximum atomic E-state index is 13.0. The lowest BCUT2D eigenvalue weighted by Gasteiger charge is -2.20. The highest BCUT2D eigenvalue weighted by molar-refractivity contribution is 5.40. The van der Waals surface area contributed by atoms with Crippen LogP contribution < -0.4 is 4.74 Å². The average Bonchev–Trinajstić information content (AvgIpc) is 2.30. The second-order valence-electron chi connectivity index (χ2n) is 5.51. The molecule has 0 aliphatic heterocycles. The third-order valence-electron chi connectivity index (χ3n) is 2.86. The van der Waals surface area contributed by atoms with Gasteiger partial charge in [-0.05, 0) is 29.5 Å². The highest BCUT2D eigenvalue weighted by Gasteiger charge is 2.15. The molecule has 0 aliphatic rings. The molecule has 0 bridgehead atoms. The molecule has 100 valence electrons. The number of halogens is 1. The Kier molecular flexibility index (Phi) is 3.51. The first-order valence-corrected chi connectivity index (χ1v) is 6.13. The summed E-state index contributed by atoms with van der Waals surface area (Å²) in [5, 5.41) is 0. The van der Waals surface area contributed by atoms with Crippen molar-refractivity contribution in [2.45, 2.75) is 33.1 Å². The quantitative estimate of drug-likeness (QED) is 0.765. The number of benzene rings is 1. The lowest BCUT2D eigenvalue weighted by atomic mass is 9.86. The summed E-state index contributed by atoms with van der Waals surface area (Å²) in [6.45, 7) is 8.43. The van der Waals surface area contributed by atoms with Gasteiger partial charge in [-0.1, -0.05) is 32.9 Å². The van der Waals surface area contributed by atoms with Crippen molar-refractivity contribution in [1.82, 2.24) is 9.97 Å². The number of nitrogens with zero attached hydrogens (tertiary/aromatic N) is 2. The van der Waals surface area contributed by atoms with E-state index in [0.29, 0.717) is 5.75 Å². The Morgan fingerprint density at radius 3 is 2.42 bits per heavy atom. The van der Waals surface area contributed by atoms with Crippen LogP contribution in [0, 0.1) is 12.9 Å². The van der Waals surface area contributed by atoms with Crippen molar-refractivity contribution in [2.75, 3.05) is 0 Å². The summed E-state index contributed by atoms with van der Waals surface area (Å²) in [6, 6.07) is 7.14. The van der Waals surface area contributed by atoms with Crippen LogP contribution in [0.2, 0.25) is 0 Å². The van der Waals surface area contributed by atoms with Crippen LogP contribution in [-0.2, 0) is 5.41 Å². The molecule has 0 aliphatic carbocycles. The number of ether oxygens (including phenoxy) is 1. The molecule has 0 amide bonds. The molecule has 4 heteroatoms. The van der Waals surface area contributed by atoms with E-state index in [1.54, 1.807) is 0 Å². The molecule has 0 N–H and O–H groups in total. The Morgan fingerprint density at radius 1 is 1.11 bits per heavy atom. The zero-order valence-electron chi connectivity index (χ0n) is 11.6. The molecular weight excluding hydrogens is 243 g/mol. The summed E-state index contributed by atoms with van der Waals surface area (Å²) >= 11 is 0. The third-order valence-corrected chi connectivity index (χ3v) is 2.86. The van der Waals surface area contributed by atoms with Crippen molar-refractivity contribution >= 4 is 0 Å². The van der Waals surface area contributed by atoms with E-state index in [-0.39, 0.29) is 11.3 Å². The molecule has 1 aromatic heterocycles. The summed E-state index contributed by atoms with van der Waals surface area (Å²) in [7, 11) is 0. The molecule has 1 aromatic carbocycles. The van der Waals surface area contributed by atoms with E-state index < -0.39 is 5.95 Å². The van der Waals surface area contributed by atoms with E-state index >= 15 is 0 Å². The maximum Gasteiger partial charge on any atom is 0.225 e. The predicted octanol–water partition coefficient (Wildman–Crippen LogP) is 4.01. The van der Waals surface area contributed by atoms with Crippen LogP contribution in [-0.4, -0.2) is 9.97 Å².